The maximum Gasteiger partial charge on any atom is 0.142 e. The maximum atomic E-state index is 13.3. The number of hydrogen-bond donors (Lipinski definition) is 1. The monoisotopic (exact) mass is 245 g/mol. The van der Waals surface area contributed by atoms with Crippen molar-refractivity contribution in [2.75, 3.05) is 5.32 Å². The number of rotatable bonds is 3. The van der Waals surface area contributed by atoms with Crippen molar-refractivity contribution in [1.29, 1.82) is 5.26 Å². The third-order valence-corrected chi connectivity index (χ3v) is 2.33. The van der Waals surface area contributed by atoms with Gasteiger partial charge < -0.3 is 5.32 Å². The molecule has 0 aliphatic heterocycles. The van der Waals surface area contributed by atoms with Crippen LogP contribution in [0, 0.1) is 23.0 Å². The molecule has 2 aromatic rings. The van der Waals surface area contributed by atoms with Crippen molar-refractivity contribution < 1.29 is 8.78 Å². The Morgan fingerprint density at radius 3 is 2.83 bits per heavy atom. The predicted molar refractivity (Wildman–Crippen MR) is 62.6 cm³/mol. The lowest BCUT2D eigenvalue weighted by Crippen LogP contribution is -2.04. The number of anilines is 1. The minimum atomic E-state index is -0.494. The molecule has 5 heteroatoms. The molecule has 2 rings (SSSR count). The van der Waals surface area contributed by atoms with Crippen LogP contribution >= 0.6 is 0 Å². The molecule has 1 aromatic heterocycles. The van der Waals surface area contributed by atoms with Crippen molar-refractivity contribution in [1.82, 2.24) is 4.98 Å². The first-order valence-electron chi connectivity index (χ1n) is 5.24. The average molecular weight is 245 g/mol. The summed E-state index contributed by atoms with van der Waals surface area (Å²) in [6.07, 6.45) is 0. The Morgan fingerprint density at radius 2 is 2.06 bits per heavy atom. The highest BCUT2D eigenvalue weighted by atomic mass is 19.1. The van der Waals surface area contributed by atoms with Gasteiger partial charge in [0.15, 0.2) is 0 Å². The van der Waals surface area contributed by atoms with E-state index in [2.05, 4.69) is 10.3 Å². The van der Waals surface area contributed by atoms with Crippen molar-refractivity contribution in [2.24, 2.45) is 0 Å². The van der Waals surface area contributed by atoms with E-state index >= 15 is 0 Å². The molecule has 0 radical (unpaired) electrons. The fourth-order valence-electron chi connectivity index (χ4n) is 1.46. The second-order valence-electron chi connectivity index (χ2n) is 3.61. The number of nitrogens with one attached hydrogen (secondary N) is 1. The minimum Gasteiger partial charge on any atom is -0.366 e. The lowest BCUT2D eigenvalue weighted by atomic mass is 10.2. The standard InChI is InChI=1S/C13H9F2N3/c14-10-4-5-12(15)9(6-10)8-17-13-3-1-2-11(7-16)18-13/h1-6H,8H2,(H,17,18). The molecular formula is C13H9F2N3. The van der Waals surface area contributed by atoms with E-state index in [-0.39, 0.29) is 17.8 Å². The fraction of sp³-hybridized carbons (Fsp3) is 0.0769. The number of aromatic nitrogens is 1. The molecule has 0 amide bonds. The molecule has 0 aliphatic carbocycles. The Bertz CT molecular complexity index is 605. The van der Waals surface area contributed by atoms with Crippen molar-refractivity contribution in [3.05, 3.63) is 59.3 Å². The van der Waals surface area contributed by atoms with Gasteiger partial charge >= 0.3 is 0 Å². The van der Waals surface area contributed by atoms with E-state index < -0.39 is 11.6 Å². The number of pyridine rings is 1. The number of nitrogens with zero attached hydrogens (tertiary/aromatic N) is 2. The first-order valence-corrected chi connectivity index (χ1v) is 5.24. The summed E-state index contributed by atoms with van der Waals surface area (Å²) in [4.78, 5) is 3.97. The Kier molecular flexibility index (Phi) is 3.49. The normalized spacial score (nSPS) is 9.83. The highest BCUT2D eigenvalue weighted by Crippen LogP contribution is 2.12. The number of benzene rings is 1. The molecule has 0 saturated heterocycles. The summed E-state index contributed by atoms with van der Waals surface area (Å²) >= 11 is 0. The van der Waals surface area contributed by atoms with E-state index in [0.29, 0.717) is 5.82 Å². The lowest BCUT2D eigenvalue weighted by molar-refractivity contribution is 0.587. The van der Waals surface area contributed by atoms with Crippen molar-refractivity contribution in [3.8, 4) is 6.07 Å². The molecule has 3 nitrogen and oxygen atoms in total. The summed E-state index contributed by atoms with van der Waals surface area (Å²) in [7, 11) is 0. The van der Waals surface area contributed by atoms with Gasteiger partial charge in [-0.3, -0.25) is 0 Å². The van der Waals surface area contributed by atoms with Crippen LogP contribution in [0.2, 0.25) is 0 Å². The van der Waals surface area contributed by atoms with E-state index in [1.54, 1.807) is 18.2 Å². The summed E-state index contributed by atoms with van der Waals surface area (Å²) < 4.78 is 26.3. The summed E-state index contributed by atoms with van der Waals surface area (Å²) in [6.45, 7) is 0.103. The minimum absolute atomic E-state index is 0.103. The van der Waals surface area contributed by atoms with Gasteiger partial charge in [-0.15, -0.1) is 0 Å². The zero-order valence-electron chi connectivity index (χ0n) is 9.32. The summed E-state index contributed by atoms with van der Waals surface area (Å²) in [5, 5.41) is 11.5. The molecule has 0 aliphatic rings. The van der Waals surface area contributed by atoms with Crippen LogP contribution in [0.15, 0.2) is 36.4 Å². The van der Waals surface area contributed by atoms with Gasteiger partial charge in [-0.25, -0.2) is 13.8 Å². The Balaban J connectivity index is 2.11. The quantitative estimate of drug-likeness (QED) is 0.904. The summed E-state index contributed by atoms with van der Waals surface area (Å²) in [5.74, 6) is -0.537. The van der Waals surface area contributed by atoms with Gasteiger partial charge in [0.2, 0.25) is 0 Å². The first-order chi connectivity index (χ1) is 8.69. The molecule has 0 fully saturated rings. The van der Waals surface area contributed by atoms with Crippen LogP contribution in [0.5, 0.6) is 0 Å². The van der Waals surface area contributed by atoms with Gasteiger partial charge in [-0.05, 0) is 30.3 Å². The molecule has 0 spiro atoms. The van der Waals surface area contributed by atoms with Crippen LogP contribution in [-0.4, -0.2) is 4.98 Å². The molecular weight excluding hydrogens is 236 g/mol. The number of nitriles is 1. The largest absolute Gasteiger partial charge is 0.366 e. The summed E-state index contributed by atoms with van der Waals surface area (Å²) in [6, 6.07) is 10.0. The average Bonchev–Trinajstić information content (AvgIpc) is 2.40. The fourth-order valence-corrected chi connectivity index (χ4v) is 1.46. The third kappa shape index (κ3) is 2.80. The van der Waals surface area contributed by atoms with Crippen LogP contribution in [0.4, 0.5) is 14.6 Å². The van der Waals surface area contributed by atoms with Crippen molar-refractivity contribution in [2.45, 2.75) is 6.54 Å². The molecule has 0 unspecified atom stereocenters. The van der Waals surface area contributed by atoms with E-state index in [1.165, 1.54) is 0 Å². The highest BCUT2D eigenvalue weighted by molar-refractivity contribution is 5.39. The number of hydrogen-bond acceptors (Lipinski definition) is 3. The van der Waals surface area contributed by atoms with Crippen LogP contribution < -0.4 is 5.32 Å². The zero-order valence-corrected chi connectivity index (χ0v) is 9.32. The topological polar surface area (TPSA) is 48.7 Å². The van der Waals surface area contributed by atoms with Crippen LogP contribution in [0.1, 0.15) is 11.3 Å². The molecule has 90 valence electrons. The predicted octanol–water partition coefficient (Wildman–Crippen LogP) is 2.84. The van der Waals surface area contributed by atoms with Gasteiger partial charge in [-0.2, -0.15) is 5.26 Å². The van der Waals surface area contributed by atoms with E-state index in [0.717, 1.165) is 18.2 Å². The van der Waals surface area contributed by atoms with Gasteiger partial charge in [0.1, 0.15) is 29.2 Å². The lowest BCUT2D eigenvalue weighted by Gasteiger charge is -2.06. The zero-order chi connectivity index (χ0) is 13.0. The molecule has 1 N–H and O–H groups in total. The molecule has 0 bridgehead atoms. The first kappa shape index (κ1) is 12.0. The molecule has 1 heterocycles. The summed E-state index contributed by atoms with van der Waals surface area (Å²) in [5.41, 5.74) is 0.471. The van der Waals surface area contributed by atoms with Crippen LogP contribution in [-0.2, 0) is 6.54 Å². The number of halogens is 2. The second-order valence-corrected chi connectivity index (χ2v) is 3.61. The van der Waals surface area contributed by atoms with Gasteiger partial charge in [0.05, 0.1) is 0 Å². The van der Waals surface area contributed by atoms with Crippen LogP contribution in [0.25, 0.3) is 0 Å². The Labute approximate surface area is 103 Å². The van der Waals surface area contributed by atoms with Crippen molar-refractivity contribution >= 4 is 5.82 Å². The highest BCUT2D eigenvalue weighted by Gasteiger charge is 2.04. The van der Waals surface area contributed by atoms with Crippen molar-refractivity contribution in [3.63, 3.8) is 0 Å². The van der Waals surface area contributed by atoms with E-state index in [4.69, 9.17) is 5.26 Å². The SMILES string of the molecule is N#Cc1cccc(NCc2cc(F)ccc2F)n1. The molecule has 1 aromatic carbocycles. The molecule has 18 heavy (non-hydrogen) atoms. The Morgan fingerprint density at radius 1 is 1.22 bits per heavy atom. The smallest absolute Gasteiger partial charge is 0.142 e. The maximum absolute atomic E-state index is 13.3. The Hall–Kier alpha value is -2.48. The second kappa shape index (κ2) is 5.23. The third-order valence-electron chi connectivity index (χ3n) is 2.33. The van der Waals surface area contributed by atoms with E-state index in [1.807, 2.05) is 6.07 Å². The van der Waals surface area contributed by atoms with Gasteiger partial charge in [-0.1, -0.05) is 6.07 Å². The van der Waals surface area contributed by atoms with Crippen LogP contribution in [0.3, 0.4) is 0 Å². The van der Waals surface area contributed by atoms with E-state index in [9.17, 15) is 8.78 Å². The van der Waals surface area contributed by atoms with Gasteiger partial charge in [0.25, 0.3) is 0 Å². The molecule has 0 atom stereocenters. The molecule has 0 saturated carbocycles. The van der Waals surface area contributed by atoms with Gasteiger partial charge in [0, 0.05) is 12.1 Å².